The van der Waals surface area contributed by atoms with Crippen LogP contribution in [-0.4, -0.2) is 23.6 Å². The fourth-order valence-electron chi connectivity index (χ4n) is 3.35. The second-order valence-electron chi connectivity index (χ2n) is 6.88. The van der Waals surface area contributed by atoms with Crippen LogP contribution in [0.2, 0.25) is 0 Å². The number of thiophene rings is 1. The van der Waals surface area contributed by atoms with Crippen molar-refractivity contribution in [3.05, 3.63) is 81.9 Å². The Morgan fingerprint density at radius 1 is 1.15 bits per heavy atom. The van der Waals surface area contributed by atoms with Crippen LogP contribution in [-0.2, 0) is 13.1 Å². The lowest BCUT2D eigenvalue weighted by molar-refractivity contribution is 0.605. The van der Waals surface area contributed by atoms with Crippen LogP contribution in [0.1, 0.15) is 29.1 Å². The molecule has 0 unspecified atom stereocenters. The van der Waals surface area contributed by atoms with Crippen LogP contribution in [0.25, 0.3) is 5.57 Å². The number of rotatable bonds is 4. The number of fused-ring (bicyclic) bond motifs is 1. The van der Waals surface area contributed by atoms with Crippen molar-refractivity contribution in [3.8, 4) is 0 Å². The van der Waals surface area contributed by atoms with Gasteiger partial charge in [0.15, 0.2) is 0 Å². The molecule has 0 amide bonds. The van der Waals surface area contributed by atoms with Crippen LogP contribution in [0.4, 0.5) is 5.69 Å². The second kappa shape index (κ2) is 7.92. The highest BCUT2D eigenvalue weighted by Gasteiger charge is 2.14. The maximum absolute atomic E-state index is 4.87. The first-order valence-corrected chi connectivity index (χ1v) is 10.2. The van der Waals surface area contributed by atoms with E-state index in [0.717, 1.165) is 37.2 Å². The highest BCUT2D eigenvalue weighted by molar-refractivity contribution is 7.09. The summed E-state index contributed by atoms with van der Waals surface area (Å²) in [5.74, 6) is 1.01. The Hall–Kier alpha value is -2.66. The molecule has 3 aromatic rings. The van der Waals surface area contributed by atoms with Crippen LogP contribution in [0, 0.1) is 0 Å². The topological polar surface area (TPSA) is 33.4 Å². The molecular weight excluding hydrogens is 352 g/mol. The van der Waals surface area contributed by atoms with E-state index in [2.05, 4.69) is 71.4 Å². The Labute approximate surface area is 164 Å². The number of aromatic nitrogens is 2. The largest absolute Gasteiger partial charge is 0.378 e. The average Bonchev–Trinajstić information content (AvgIpc) is 3.11. The van der Waals surface area contributed by atoms with Gasteiger partial charge >= 0.3 is 0 Å². The first-order valence-electron chi connectivity index (χ1n) is 9.29. The van der Waals surface area contributed by atoms with Crippen LogP contribution in [0.15, 0.2) is 65.1 Å². The molecule has 1 aromatic carbocycles. The summed E-state index contributed by atoms with van der Waals surface area (Å²) in [5, 5.41) is 2.10. The minimum atomic E-state index is 0.720. The summed E-state index contributed by atoms with van der Waals surface area (Å²) in [6.45, 7) is 1.67. The second-order valence-corrected chi connectivity index (χ2v) is 7.91. The van der Waals surface area contributed by atoms with Crippen LogP contribution < -0.4 is 10.4 Å². The molecule has 4 rings (SSSR count). The molecule has 0 saturated carbocycles. The molecule has 1 aliphatic heterocycles. The zero-order valence-electron chi connectivity index (χ0n) is 15.8. The Morgan fingerprint density at radius 3 is 2.74 bits per heavy atom. The van der Waals surface area contributed by atoms with E-state index < -0.39 is 0 Å². The summed E-state index contributed by atoms with van der Waals surface area (Å²) in [6.07, 6.45) is 6.36. The molecule has 0 bridgehead atoms. The van der Waals surface area contributed by atoms with Crippen molar-refractivity contribution in [2.45, 2.75) is 25.9 Å². The predicted octanol–water partition coefficient (Wildman–Crippen LogP) is 4.34. The highest BCUT2D eigenvalue weighted by atomic mass is 32.1. The van der Waals surface area contributed by atoms with Gasteiger partial charge < -0.3 is 9.47 Å². The van der Waals surface area contributed by atoms with Gasteiger partial charge in [-0.3, -0.25) is 4.99 Å². The maximum Gasteiger partial charge on any atom is 0.141 e. The first-order chi connectivity index (χ1) is 13.2. The van der Waals surface area contributed by atoms with E-state index in [1.807, 2.05) is 12.3 Å². The van der Waals surface area contributed by atoms with Gasteiger partial charge in [0.1, 0.15) is 11.3 Å². The summed E-state index contributed by atoms with van der Waals surface area (Å²) in [6, 6.07) is 14.9. The quantitative estimate of drug-likeness (QED) is 0.679. The van der Waals surface area contributed by atoms with Gasteiger partial charge in [-0.05, 0) is 48.1 Å². The Morgan fingerprint density at radius 2 is 2.00 bits per heavy atom. The van der Waals surface area contributed by atoms with Crippen LogP contribution >= 0.6 is 11.3 Å². The van der Waals surface area contributed by atoms with Crippen molar-refractivity contribution >= 4 is 22.6 Å². The number of anilines is 1. The fraction of sp³-hybridized carbons (Fsp3) is 0.273. The van der Waals surface area contributed by atoms with Crippen molar-refractivity contribution in [2.24, 2.45) is 4.99 Å². The van der Waals surface area contributed by atoms with Gasteiger partial charge in [0, 0.05) is 43.0 Å². The lowest BCUT2D eigenvalue weighted by Crippen LogP contribution is -2.24. The van der Waals surface area contributed by atoms with Crippen molar-refractivity contribution in [3.63, 3.8) is 0 Å². The van der Waals surface area contributed by atoms with Crippen molar-refractivity contribution in [2.75, 3.05) is 19.0 Å². The number of allylic oxidation sites excluding steroid dienone is 1. The molecule has 3 heterocycles. The number of benzene rings is 1. The Balaban J connectivity index is 1.74. The maximum atomic E-state index is 4.87. The SMILES string of the molecule is CN(C)c1ccc(C2=CCCCn3c2nccc3=NCc2cccs2)cc1. The van der Waals surface area contributed by atoms with Crippen molar-refractivity contribution in [1.29, 1.82) is 0 Å². The molecule has 0 N–H and O–H groups in total. The van der Waals surface area contributed by atoms with Crippen LogP contribution in [0.3, 0.4) is 0 Å². The van der Waals surface area contributed by atoms with E-state index in [0.29, 0.717) is 0 Å². The van der Waals surface area contributed by atoms with Gasteiger partial charge in [-0.2, -0.15) is 0 Å². The van der Waals surface area contributed by atoms with E-state index in [-0.39, 0.29) is 0 Å². The molecule has 2 aromatic heterocycles. The van der Waals surface area contributed by atoms with E-state index >= 15 is 0 Å². The van der Waals surface area contributed by atoms with Crippen molar-refractivity contribution in [1.82, 2.24) is 9.55 Å². The molecular formula is C22H24N4S. The molecule has 4 nitrogen and oxygen atoms in total. The zero-order chi connectivity index (χ0) is 18.6. The van der Waals surface area contributed by atoms with Crippen molar-refractivity contribution < 1.29 is 0 Å². The monoisotopic (exact) mass is 376 g/mol. The molecule has 138 valence electrons. The first kappa shape index (κ1) is 17.7. The molecule has 1 aliphatic rings. The third-order valence-corrected chi connectivity index (χ3v) is 5.66. The van der Waals surface area contributed by atoms with Gasteiger partial charge in [-0.1, -0.05) is 24.3 Å². The summed E-state index contributed by atoms with van der Waals surface area (Å²) in [5.41, 5.74) is 4.62. The number of hydrogen-bond donors (Lipinski definition) is 0. The standard InChI is InChI=1S/C22H24N4S/c1-25(2)18-10-8-17(9-11-18)20-7-3-4-14-26-21(12-13-23-22(20)26)24-16-19-6-5-15-27-19/h5-13,15H,3-4,14,16H2,1-2H3. The smallest absolute Gasteiger partial charge is 0.141 e. The highest BCUT2D eigenvalue weighted by Crippen LogP contribution is 2.26. The predicted molar refractivity (Wildman–Crippen MR) is 113 cm³/mol. The van der Waals surface area contributed by atoms with Gasteiger partial charge in [0.25, 0.3) is 0 Å². The van der Waals surface area contributed by atoms with Gasteiger partial charge in [0.2, 0.25) is 0 Å². The number of hydrogen-bond acceptors (Lipinski definition) is 4. The zero-order valence-corrected chi connectivity index (χ0v) is 16.6. The molecule has 0 spiro atoms. The molecule has 0 aliphatic carbocycles. The summed E-state index contributed by atoms with van der Waals surface area (Å²) >= 11 is 1.75. The van der Waals surface area contributed by atoms with Gasteiger partial charge in [-0.25, -0.2) is 4.98 Å². The Kier molecular flexibility index (Phi) is 5.21. The summed E-state index contributed by atoms with van der Waals surface area (Å²) < 4.78 is 2.27. The van der Waals surface area contributed by atoms with E-state index in [1.165, 1.54) is 21.7 Å². The third kappa shape index (κ3) is 3.88. The minimum absolute atomic E-state index is 0.720. The average molecular weight is 377 g/mol. The molecule has 0 fully saturated rings. The fourth-order valence-corrected chi connectivity index (χ4v) is 3.98. The van der Waals surface area contributed by atoms with E-state index in [9.17, 15) is 0 Å². The van der Waals surface area contributed by atoms with Gasteiger partial charge in [-0.15, -0.1) is 11.3 Å². The van der Waals surface area contributed by atoms with Gasteiger partial charge in [0.05, 0.1) is 6.54 Å². The molecule has 27 heavy (non-hydrogen) atoms. The Bertz CT molecular complexity index is 996. The molecule has 0 atom stereocenters. The van der Waals surface area contributed by atoms with E-state index in [1.54, 1.807) is 11.3 Å². The minimum Gasteiger partial charge on any atom is -0.378 e. The summed E-state index contributed by atoms with van der Waals surface area (Å²) in [7, 11) is 4.13. The third-order valence-electron chi connectivity index (χ3n) is 4.80. The lowest BCUT2D eigenvalue weighted by Gasteiger charge is -2.15. The van der Waals surface area contributed by atoms with Crippen LogP contribution in [0.5, 0.6) is 0 Å². The molecule has 0 saturated heterocycles. The van der Waals surface area contributed by atoms with E-state index in [4.69, 9.17) is 9.98 Å². The molecule has 0 radical (unpaired) electrons. The molecule has 5 heteroatoms. The lowest BCUT2D eigenvalue weighted by atomic mass is 10.0. The number of nitrogens with zero attached hydrogens (tertiary/aromatic N) is 4. The summed E-state index contributed by atoms with van der Waals surface area (Å²) in [4.78, 5) is 13.0. The normalized spacial score (nSPS) is 14.4.